The minimum absolute atomic E-state index is 0.132. The Bertz CT molecular complexity index is 311. The number of aliphatic imine (C=N–C) groups is 1. The molecule has 1 fully saturated rings. The van der Waals surface area contributed by atoms with Crippen LogP contribution in [0.1, 0.15) is 26.2 Å². The Morgan fingerprint density at radius 2 is 1.95 bits per heavy atom. The topological polar surface area (TPSA) is 60.0 Å². The first kappa shape index (κ1) is 16.8. The lowest BCUT2D eigenvalue weighted by Crippen LogP contribution is -2.39. The molecule has 0 bridgehead atoms. The number of likely N-dealkylation sites (tertiary alicyclic amines) is 1. The fraction of sp³-hybridized carbons (Fsp3) is 0.857. The Balaban J connectivity index is 2.31. The zero-order valence-electron chi connectivity index (χ0n) is 13.1. The van der Waals surface area contributed by atoms with Crippen LogP contribution in [0.4, 0.5) is 0 Å². The van der Waals surface area contributed by atoms with Crippen molar-refractivity contribution in [3.63, 3.8) is 0 Å². The molecule has 6 nitrogen and oxygen atoms in total. The zero-order valence-corrected chi connectivity index (χ0v) is 13.1. The summed E-state index contributed by atoms with van der Waals surface area (Å²) in [7, 11) is 4.13. The first-order valence-corrected chi connectivity index (χ1v) is 7.58. The van der Waals surface area contributed by atoms with E-state index in [1.807, 2.05) is 11.8 Å². The average Bonchev–Trinajstić information content (AvgIpc) is 2.94. The zero-order chi connectivity index (χ0) is 14.8. The van der Waals surface area contributed by atoms with Crippen molar-refractivity contribution in [2.45, 2.75) is 26.2 Å². The molecule has 1 saturated heterocycles. The number of nitrogens with zero attached hydrogens (tertiary/aromatic N) is 3. The summed E-state index contributed by atoms with van der Waals surface area (Å²) in [4.78, 5) is 20.4. The Labute approximate surface area is 122 Å². The summed E-state index contributed by atoms with van der Waals surface area (Å²) in [5.41, 5.74) is 0. The lowest BCUT2D eigenvalue weighted by molar-refractivity contribution is -0.128. The largest absolute Gasteiger partial charge is 0.357 e. The maximum Gasteiger partial charge on any atom is 0.244 e. The predicted molar refractivity (Wildman–Crippen MR) is 83.0 cm³/mol. The van der Waals surface area contributed by atoms with E-state index in [1.165, 1.54) is 0 Å². The van der Waals surface area contributed by atoms with Crippen molar-refractivity contribution >= 4 is 11.9 Å². The van der Waals surface area contributed by atoms with Gasteiger partial charge in [-0.05, 0) is 46.8 Å². The van der Waals surface area contributed by atoms with Crippen molar-refractivity contribution in [1.29, 1.82) is 0 Å². The molecular formula is C14H29N5O. The van der Waals surface area contributed by atoms with E-state index >= 15 is 0 Å². The van der Waals surface area contributed by atoms with Gasteiger partial charge in [0.1, 0.15) is 6.54 Å². The molecule has 0 aromatic rings. The monoisotopic (exact) mass is 283 g/mol. The van der Waals surface area contributed by atoms with E-state index in [0.717, 1.165) is 57.9 Å². The summed E-state index contributed by atoms with van der Waals surface area (Å²) < 4.78 is 0. The highest BCUT2D eigenvalue weighted by Crippen LogP contribution is 2.07. The highest BCUT2D eigenvalue weighted by Gasteiger charge is 2.17. The van der Waals surface area contributed by atoms with Gasteiger partial charge >= 0.3 is 0 Å². The van der Waals surface area contributed by atoms with E-state index in [2.05, 4.69) is 34.6 Å². The van der Waals surface area contributed by atoms with E-state index in [9.17, 15) is 4.79 Å². The summed E-state index contributed by atoms with van der Waals surface area (Å²) >= 11 is 0. The first-order chi connectivity index (χ1) is 9.63. The van der Waals surface area contributed by atoms with Gasteiger partial charge < -0.3 is 20.4 Å². The van der Waals surface area contributed by atoms with Crippen LogP contribution < -0.4 is 10.6 Å². The fourth-order valence-electron chi connectivity index (χ4n) is 2.16. The molecule has 0 unspecified atom stereocenters. The van der Waals surface area contributed by atoms with Gasteiger partial charge in [-0.15, -0.1) is 0 Å². The van der Waals surface area contributed by atoms with Crippen LogP contribution in [0.5, 0.6) is 0 Å². The Kier molecular flexibility index (Phi) is 8.02. The maximum absolute atomic E-state index is 11.9. The van der Waals surface area contributed by atoms with Crippen molar-refractivity contribution < 1.29 is 4.79 Å². The number of hydrogen-bond donors (Lipinski definition) is 2. The van der Waals surface area contributed by atoms with Gasteiger partial charge in [0.2, 0.25) is 5.91 Å². The second-order valence-corrected chi connectivity index (χ2v) is 5.37. The number of hydrogen-bond acceptors (Lipinski definition) is 3. The van der Waals surface area contributed by atoms with Gasteiger partial charge in [-0.2, -0.15) is 0 Å². The van der Waals surface area contributed by atoms with Gasteiger partial charge in [0.05, 0.1) is 0 Å². The van der Waals surface area contributed by atoms with Crippen LogP contribution in [-0.4, -0.2) is 75.0 Å². The summed E-state index contributed by atoms with van der Waals surface area (Å²) in [6.07, 6.45) is 3.30. The second-order valence-electron chi connectivity index (χ2n) is 5.37. The molecule has 0 atom stereocenters. The van der Waals surface area contributed by atoms with Gasteiger partial charge in [0.25, 0.3) is 0 Å². The first-order valence-electron chi connectivity index (χ1n) is 7.58. The van der Waals surface area contributed by atoms with Crippen molar-refractivity contribution in [3.8, 4) is 0 Å². The number of amides is 1. The van der Waals surface area contributed by atoms with Gasteiger partial charge in [0.15, 0.2) is 5.96 Å². The smallest absolute Gasteiger partial charge is 0.244 e. The van der Waals surface area contributed by atoms with Gasteiger partial charge in [-0.3, -0.25) is 4.79 Å². The molecule has 0 aliphatic carbocycles. The molecule has 1 heterocycles. The molecule has 0 saturated carbocycles. The summed E-state index contributed by atoms with van der Waals surface area (Å²) in [5.74, 6) is 0.867. The van der Waals surface area contributed by atoms with E-state index in [1.54, 1.807) is 0 Å². The van der Waals surface area contributed by atoms with Crippen LogP contribution in [0, 0.1) is 0 Å². The number of carbonyl (C=O) groups excluding carboxylic acids is 1. The Morgan fingerprint density at radius 3 is 2.55 bits per heavy atom. The van der Waals surface area contributed by atoms with E-state index in [-0.39, 0.29) is 12.5 Å². The predicted octanol–water partition coefficient (Wildman–Crippen LogP) is 0.116. The van der Waals surface area contributed by atoms with Gasteiger partial charge in [-0.1, -0.05) is 0 Å². The standard InChI is InChI=1S/C14H29N5O/c1-4-15-14(16-8-7-9-18(2)3)17-12-13(20)19-10-5-6-11-19/h4-12H2,1-3H3,(H2,15,16,17). The van der Waals surface area contributed by atoms with E-state index in [0.29, 0.717) is 0 Å². The van der Waals surface area contributed by atoms with Crippen molar-refractivity contribution in [2.75, 3.05) is 53.4 Å². The molecule has 116 valence electrons. The van der Waals surface area contributed by atoms with Crippen LogP contribution in [0.25, 0.3) is 0 Å². The molecule has 0 aromatic carbocycles. The highest BCUT2D eigenvalue weighted by atomic mass is 16.2. The van der Waals surface area contributed by atoms with Gasteiger partial charge in [-0.25, -0.2) is 4.99 Å². The van der Waals surface area contributed by atoms with Crippen LogP contribution in [0.15, 0.2) is 4.99 Å². The molecule has 6 heteroatoms. The highest BCUT2D eigenvalue weighted by molar-refractivity contribution is 5.85. The van der Waals surface area contributed by atoms with Crippen LogP contribution in [0.3, 0.4) is 0 Å². The molecule has 1 aliphatic rings. The SMILES string of the molecule is CCNC(=NCC(=O)N1CCCC1)NCCCN(C)C. The van der Waals surface area contributed by atoms with Crippen molar-refractivity contribution in [3.05, 3.63) is 0 Å². The molecule has 20 heavy (non-hydrogen) atoms. The Hall–Kier alpha value is -1.30. The average molecular weight is 283 g/mol. The van der Waals surface area contributed by atoms with Crippen molar-refractivity contribution in [2.24, 2.45) is 4.99 Å². The van der Waals surface area contributed by atoms with E-state index < -0.39 is 0 Å². The Morgan fingerprint density at radius 1 is 1.25 bits per heavy atom. The molecule has 1 aliphatic heterocycles. The lowest BCUT2D eigenvalue weighted by Gasteiger charge is -2.15. The quantitative estimate of drug-likeness (QED) is 0.396. The molecule has 0 aromatic heterocycles. The third-order valence-electron chi connectivity index (χ3n) is 3.25. The van der Waals surface area contributed by atoms with Gasteiger partial charge in [0, 0.05) is 26.2 Å². The van der Waals surface area contributed by atoms with Crippen LogP contribution in [0.2, 0.25) is 0 Å². The number of nitrogens with one attached hydrogen (secondary N) is 2. The summed E-state index contributed by atoms with van der Waals surface area (Å²) in [5, 5.41) is 6.43. The molecule has 1 amide bonds. The van der Waals surface area contributed by atoms with Crippen LogP contribution >= 0.6 is 0 Å². The molecule has 1 rings (SSSR count). The molecule has 0 radical (unpaired) electrons. The minimum Gasteiger partial charge on any atom is -0.357 e. The fourth-order valence-corrected chi connectivity index (χ4v) is 2.16. The third kappa shape index (κ3) is 6.75. The maximum atomic E-state index is 11.9. The number of guanidine groups is 1. The van der Waals surface area contributed by atoms with E-state index in [4.69, 9.17) is 0 Å². The minimum atomic E-state index is 0.132. The molecule has 2 N–H and O–H groups in total. The molecule has 0 spiro atoms. The third-order valence-corrected chi connectivity index (χ3v) is 3.25. The molecular weight excluding hydrogens is 254 g/mol. The second kappa shape index (κ2) is 9.58. The number of rotatable bonds is 7. The number of carbonyl (C=O) groups is 1. The van der Waals surface area contributed by atoms with Crippen molar-refractivity contribution in [1.82, 2.24) is 20.4 Å². The van der Waals surface area contributed by atoms with Crippen LogP contribution in [-0.2, 0) is 4.79 Å². The normalized spacial score (nSPS) is 15.8. The lowest BCUT2D eigenvalue weighted by atomic mass is 10.4. The summed E-state index contributed by atoms with van der Waals surface area (Å²) in [6.45, 7) is 6.75. The summed E-state index contributed by atoms with van der Waals surface area (Å²) in [6, 6.07) is 0.